The van der Waals surface area contributed by atoms with Gasteiger partial charge in [-0.25, -0.2) is 10.1 Å². The second-order valence-corrected chi connectivity index (χ2v) is 3.46. The Balaban J connectivity index is 3.09. The number of hydrogen-bond donors (Lipinski definition) is 0. The Kier molecular flexibility index (Phi) is 4.38. The second kappa shape index (κ2) is 5.78. The van der Waals surface area contributed by atoms with Crippen LogP contribution in [0.4, 0.5) is 11.4 Å². The van der Waals surface area contributed by atoms with Gasteiger partial charge in [-0.2, -0.15) is 0 Å². The number of anilines is 1. The van der Waals surface area contributed by atoms with Crippen LogP contribution in [0.2, 0.25) is 0 Å². The quantitative estimate of drug-likeness (QED) is 0.561. The molecule has 0 saturated heterocycles. The maximum Gasteiger partial charge on any atom is 0.298 e. The molecule has 92 valence electrons. The number of nitrogens with zero attached hydrogens (tertiary/aromatic N) is 3. The lowest BCUT2D eigenvalue weighted by Gasteiger charge is -2.13. The minimum Gasteiger partial charge on any atom is -0.258 e. The van der Waals surface area contributed by atoms with Crippen LogP contribution in [0.15, 0.2) is 24.3 Å². The van der Waals surface area contributed by atoms with E-state index in [9.17, 15) is 20.2 Å². The summed E-state index contributed by atoms with van der Waals surface area (Å²) >= 11 is 0. The van der Waals surface area contributed by atoms with E-state index in [1.54, 1.807) is 6.07 Å². The molecule has 7 nitrogen and oxygen atoms in total. The fraction of sp³-hybridized carbons (Fsp3) is 0.400. The van der Waals surface area contributed by atoms with Gasteiger partial charge < -0.3 is 0 Å². The maximum atomic E-state index is 10.9. The molecule has 0 aliphatic carbocycles. The second-order valence-electron chi connectivity index (χ2n) is 3.46. The highest BCUT2D eigenvalue weighted by molar-refractivity contribution is 5.61. The molecule has 1 aromatic carbocycles. The Labute approximate surface area is 97.9 Å². The standard InChI is InChI=1S/C10H13N3O4/c1-2-3-8-11(13(16)17)9-6-4-5-7-10(9)12(14)15/h4-7H,2-3,8H2,1H3. The summed E-state index contributed by atoms with van der Waals surface area (Å²) in [6.45, 7) is 2.06. The molecule has 0 amide bonds. The first kappa shape index (κ1) is 12.9. The van der Waals surface area contributed by atoms with E-state index >= 15 is 0 Å². The van der Waals surface area contributed by atoms with Crippen LogP contribution >= 0.6 is 0 Å². The molecule has 0 heterocycles. The van der Waals surface area contributed by atoms with E-state index in [0.717, 1.165) is 11.4 Å². The van der Waals surface area contributed by atoms with E-state index in [1.807, 2.05) is 6.92 Å². The SMILES string of the molecule is CCCCN(c1ccccc1[N+](=O)[O-])[N+](=O)[O-]. The predicted molar refractivity (Wildman–Crippen MR) is 62.3 cm³/mol. The highest BCUT2D eigenvalue weighted by Crippen LogP contribution is 2.27. The summed E-state index contributed by atoms with van der Waals surface area (Å²) in [6, 6.07) is 5.68. The van der Waals surface area contributed by atoms with Crippen molar-refractivity contribution >= 4 is 11.4 Å². The van der Waals surface area contributed by atoms with Crippen LogP contribution in [0.25, 0.3) is 0 Å². The molecule has 0 atom stereocenters. The largest absolute Gasteiger partial charge is 0.298 e. The van der Waals surface area contributed by atoms with Crippen LogP contribution < -0.4 is 5.01 Å². The number of rotatable bonds is 6. The number of unbranched alkanes of at least 4 members (excludes halogenated alkanes) is 1. The highest BCUT2D eigenvalue weighted by atomic mass is 16.7. The average Bonchev–Trinajstić information content (AvgIpc) is 2.29. The Morgan fingerprint density at radius 2 is 1.88 bits per heavy atom. The van der Waals surface area contributed by atoms with Crippen molar-refractivity contribution in [2.75, 3.05) is 11.6 Å². The van der Waals surface area contributed by atoms with Gasteiger partial charge in [-0.15, -0.1) is 0 Å². The van der Waals surface area contributed by atoms with Crippen molar-refractivity contribution in [2.45, 2.75) is 19.8 Å². The third-order valence-corrected chi connectivity index (χ3v) is 2.28. The third-order valence-electron chi connectivity index (χ3n) is 2.28. The summed E-state index contributed by atoms with van der Waals surface area (Å²) in [5.74, 6) is 0. The van der Waals surface area contributed by atoms with Crippen molar-refractivity contribution in [3.05, 3.63) is 44.5 Å². The van der Waals surface area contributed by atoms with E-state index in [4.69, 9.17) is 0 Å². The van der Waals surface area contributed by atoms with Gasteiger partial charge in [0.05, 0.1) is 11.5 Å². The van der Waals surface area contributed by atoms with Gasteiger partial charge in [0.1, 0.15) is 0 Å². The highest BCUT2D eigenvalue weighted by Gasteiger charge is 2.25. The molecule has 7 heteroatoms. The van der Waals surface area contributed by atoms with Crippen LogP contribution in [0.3, 0.4) is 0 Å². The summed E-state index contributed by atoms with van der Waals surface area (Å²) in [7, 11) is 0. The maximum absolute atomic E-state index is 10.9. The number of hydrogen-bond acceptors (Lipinski definition) is 4. The number of nitro groups is 2. The lowest BCUT2D eigenvalue weighted by molar-refractivity contribution is -0.496. The molecule has 0 bridgehead atoms. The number of para-hydroxylation sites is 2. The van der Waals surface area contributed by atoms with Crippen molar-refractivity contribution in [1.29, 1.82) is 0 Å². The molecule has 0 spiro atoms. The van der Waals surface area contributed by atoms with Crippen molar-refractivity contribution in [1.82, 2.24) is 0 Å². The van der Waals surface area contributed by atoms with E-state index in [1.165, 1.54) is 18.2 Å². The van der Waals surface area contributed by atoms with Gasteiger partial charge in [0.2, 0.25) is 0 Å². The third kappa shape index (κ3) is 3.13. The van der Waals surface area contributed by atoms with Crippen LogP contribution in [0.1, 0.15) is 19.8 Å². The summed E-state index contributed by atoms with van der Waals surface area (Å²) in [6.07, 6.45) is 1.39. The lowest BCUT2D eigenvalue weighted by atomic mass is 10.2. The Bertz CT molecular complexity index is 422. The lowest BCUT2D eigenvalue weighted by Crippen LogP contribution is -2.31. The van der Waals surface area contributed by atoms with Crippen LogP contribution in [-0.4, -0.2) is 16.5 Å². The molecule has 0 aliphatic rings. The van der Waals surface area contributed by atoms with E-state index in [2.05, 4.69) is 0 Å². The molecule has 0 saturated carbocycles. The fourth-order valence-electron chi connectivity index (χ4n) is 1.43. The molecular formula is C10H13N3O4. The topological polar surface area (TPSA) is 89.5 Å². The summed E-state index contributed by atoms with van der Waals surface area (Å²) < 4.78 is 0. The van der Waals surface area contributed by atoms with Gasteiger partial charge in [-0.3, -0.25) is 10.1 Å². The zero-order valence-corrected chi connectivity index (χ0v) is 9.41. The van der Waals surface area contributed by atoms with Crippen LogP contribution in [0, 0.1) is 20.2 Å². The first-order chi connectivity index (χ1) is 8.07. The Morgan fingerprint density at radius 3 is 2.41 bits per heavy atom. The molecule has 0 unspecified atom stereocenters. The van der Waals surface area contributed by atoms with Crippen molar-refractivity contribution in [2.24, 2.45) is 0 Å². The van der Waals surface area contributed by atoms with E-state index in [0.29, 0.717) is 6.42 Å². The number of hydrazine groups is 1. The average molecular weight is 239 g/mol. The van der Waals surface area contributed by atoms with Gasteiger partial charge in [0, 0.05) is 6.07 Å². The molecule has 0 radical (unpaired) electrons. The monoisotopic (exact) mass is 239 g/mol. The van der Waals surface area contributed by atoms with Gasteiger partial charge >= 0.3 is 0 Å². The molecule has 0 N–H and O–H groups in total. The van der Waals surface area contributed by atoms with E-state index < -0.39 is 9.96 Å². The Hall–Kier alpha value is -2.18. The summed E-state index contributed by atoms with van der Waals surface area (Å²) in [5, 5.41) is 21.9. The van der Waals surface area contributed by atoms with Crippen LogP contribution in [0.5, 0.6) is 0 Å². The van der Waals surface area contributed by atoms with Gasteiger partial charge in [-0.05, 0) is 12.5 Å². The molecule has 1 rings (SSSR count). The van der Waals surface area contributed by atoms with Gasteiger partial charge in [0.25, 0.3) is 5.69 Å². The van der Waals surface area contributed by atoms with E-state index in [-0.39, 0.29) is 17.9 Å². The van der Waals surface area contributed by atoms with Crippen LogP contribution in [-0.2, 0) is 0 Å². The first-order valence-electron chi connectivity index (χ1n) is 5.23. The normalized spacial score (nSPS) is 9.94. The molecule has 0 aromatic heterocycles. The predicted octanol–water partition coefficient (Wildman–Crippen LogP) is 2.39. The van der Waals surface area contributed by atoms with Crippen molar-refractivity contribution in [3.63, 3.8) is 0 Å². The fourth-order valence-corrected chi connectivity index (χ4v) is 1.43. The Morgan fingerprint density at radius 1 is 1.24 bits per heavy atom. The number of nitro benzene ring substituents is 1. The summed E-state index contributed by atoms with van der Waals surface area (Å²) in [4.78, 5) is 21.1. The smallest absolute Gasteiger partial charge is 0.258 e. The summed E-state index contributed by atoms with van der Waals surface area (Å²) in [5.41, 5.74) is -0.226. The molecule has 1 aromatic rings. The molecule has 17 heavy (non-hydrogen) atoms. The molecule has 0 fully saturated rings. The van der Waals surface area contributed by atoms with Crippen molar-refractivity contribution < 1.29 is 9.96 Å². The molecule has 0 aliphatic heterocycles. The van der Waals surface area contributed by atoms with Gasteiger partial charge in [-0.1, -0.05) is 30.5 Å². The molecular weight excluding hydrogens is 226 g/mol. The zero-order valence-electron chi connectivity index (χ0n) is 9.41. The van der Waals surface area contributed by atoms with Gasteiger partial charge in [0.15, 0.2) is 10.7 Å². The van der Waals surface area contributed by atoms with Crippen molar-refractivity contribution in [3.8, 4) is 0 Å². The minimum absolute atomic E-state index is 0.0240. The zero-order chi connectivity index (χ0) is 12.8. The minimum atomic E-state index is -0.613. The number of benzene rings is 1. The first-order valence-corrected chi connectivity index (χ1v) is 5.23.